The van der Waals surface area contributed by atoms with Crippen LogP contribution in [-0.2, 0) is 4.79 Å². The minimum absolute atomic E-state index is 0.0801. The largest absolute Gasteiger partial charge is 0.512 e. The fourth-order valence-electron chi connectivity index (χ4n) is 1.09. The normalized spacial score (nSPS) is 9.33. The second-order valence-electron chi connectivity index (χ2n) is 3.12. The summed E-state index contributed by atoms with van der Waals surface area (Å²) in [6, 6.07) is 7.23. The van der Waals surface area contributed by atoms with E-state index in [4.69, 9.17) is 5.11 Å². The highest BCUT2D eigenvalue weighted by atomic mass is 16.3. The molecule has 0 heterocycles. The van der Waals surface area contributed by atoms with Crippen molar-refractivity contribution in [2.45, 2.75) is 6.42 Å². The Morgan fingerprint density at radius 3 is 2.47 bits per heavy atom. The zero-order chi connectivity index (χ0) is 11.3. The summed E-state index contributed by atoms with van der Waals surface area (Å²) in [7, 11) is 0. The van der Waals surface area contributed by atoms with E-state index in [9.17, 15) is 4.79 Å². The van der Waals surface area contributed by atoms with E-state index < -0.39 is 0 Å². The molecule has 0 saturated heterocycles. The minimum atomic E-state index is -0.283. The fraction of sp³-hybridized carbons (Fsp3) is 0.0833. The lowest BCUT2D eigenvalue weighted by Gasteiger charge is -2.04. The maximum absolute atomic E-state index is 11.2. The summed E-state index contributed by atoms with van der Waals surface area (Å²) in [5.74, 6) is -0.427. The Morgan fingerprint density at radius 1 is 1.40 bits per heavy atom. The first-order chi connectivity index (χ1) is 7.11. The number of benzene rings is 1. The van der Waals surface area contributed by atoms with E-state index in [0.717, 1.165) is 5.56 Å². The summed E-state index contributed by atoms with van der Waals surface area (Å²) in [5, 5.41) is 11.4. The maximum atomic E-state index is 11.2. The van der Waals surface area contributed by atoms with Gasteiger partial charge in [0.05, 0.1) is 12.2 Å². The molecule has 1 rings (SSSR count). The smallest absolute Gasteiger partial charge is 0.231 e. The van der Waals surface area contributed by atoms with Gasteiger partial charge in [-0.1, -0.05) is 31.4 Å². The van der Waals surface area contributed by atoms with E-state index >= 15 is 0 Å². The average Bonchev–Trinajstić information content (AvgIpc) is 2.17. The third-order valence-corrected chi connectivity index (χ3v) is 1.79. The summed E-state index contributed by atoms with van der Waals surface area (Å²) in [4.78, 5) is 11.2. The molecule has 0 aliphatic rings. The number of hydrogen-bond acceptors (Lipinski definition) is 2. The molecular formula is C12H13NO2. The molecular weight excluding hydrogens is 190 g/mol. The summed E-state index contributed by atoms with van der Waals surface area (Å²) in [5.41, 5.74) is 1.67. The van der Waals surface area contributed by atoms with Crippen LogP contribution in [0.15, 0.2) is 43.2 Å². The zero-order valence-electron chi connectivity index (χ0n) is 8.36. The molecule has 0 atom stereocenters. The van der Waals surface area contributed by atoms with E-state index in [1.165, 1.54) is 0 Å². The Hall–Kier alpha value is -2.03. The van der Waals surface area contributed by atoms with Gasteiger partial charge < -0.3 is 10.4 Å². The van der Waals surface area contributed by atoms with Crippen LogP contribution in [0.3, 0.4) is 0 Å². The summed E-state index contributed by atoms with van der Waals surface area (Å²) in [6.07, 6.45) is 1.64. The van der Waals surface area contributed by atoms with Gasteiger partial charge in [0.2, 0.25) is 5.91 Å². The number of rotatable bonds is 4. The standard InChI is InChI=1S/C12H13NO2/c1-3-10-4-6-11(7-5-10)13-12(15)8-9(2)14/h3-7,14H,1-2,8H2,(H,13,15). The van der Waals surface area contributed by atoms with Crippen molar-refractivity contribution in [3.8, 4) is 0 Å². The fourth-order valence-corrected chi connectivity index (χ4v) is 1.09. The molecule has 0 aromatic heterocycles. The summed E-state index contributed by atoms with van der Waals surface area (Å²) < 4.78 is 0. The van der Waals surface area contributed by atoms with Crippen molar-refractivity contribution >= 4 is 17.7 Å². The van der Waals surface area contributed by atoms with Crippen LogP contribution >= 0.6 is 0 Å². The van der Waals surface area contributed by atoms with Gasteiger partial charge in [0.1, 0.15) is 0 Å². The third-order valence-electron chi connectivity index (χ3n) is 1.79. The molecule has 15 heavy (non-hydrogen) atoms. The first kappa shape index (κ1) is 11.0. The van der Waals surface area contributed by atoms with Crippen LogP contribution in [0.5, 0.6) is 0 Å². The van der Waals surface area contributed by atoms with Gasteiger partial charge in [-0.25, -0.2) is 0 Å². The SMILES string of the molecule is C=Cc1ccc(NC(=O)CC(=C)O)cc1. The lowest BCUT2D eigenvalue weighted by atomic mass is 10.2. The van der Waals surface area contributed by atoms with E-state index in [1.807, 2.05) is 12.1 Å². The van der Waals surface area contributed by atoms with Crippen LogP contribution in [0.1, 0.15) is 12.0 Å². The van der Waals surface area contributed by atoms with Crippen molar-refractivity contribution in [2.75, 3.05) is 5.32 Å². The topological polar surface area (TPSA) is 49.3 Å². The second kappa shape index (κ2) is 5.00. The number of carbonyl (C=O) groups excluding carboxylic acids is 1. The molecule has 0 unspecified atom stereocenters. The maximum Gasteiger partial charge on any atom is 0.231 e. The Morgan fingerprint density at radius 2 is 2.00 bits per heavy atom. The van der Waals surface area contributed by atoms with E-state index in [0.29, 0.717) is 5.69 Å². The highest BCUT2D eigenvalue weighted by Crippen LogP contribution is 2.10. The monoisotopic (exact) mass is 203 g/mol. The number of carbonyl (C=O) groups is 1. The van der Waals surface area contributed by atoms with Crippen LogP contribution in [0, 0.1) is 0 Å². The summed E-state index contributed by atoms with van der Waals surface area (Å²) in [6.45, 7) is 6.87. The Labute approximate surface area is 88.7 Å². The van der Waals surface area contributed by atoms with Gasteiger partial charge in [0, 0.05) is 5.69 Å². The van der Waals surface area contributed by atoms with Gasteiger partial charge in [-0.15, -0.1) is 0 Å². The molecule has 78 valence electrons. The van der Waals surface area contributed by atoms with Crippen LogP contribution in [0.2, 0.25) is 0 Å². The predicted molar refractivity (Wildman–Crippen MR) is 61.5 cm³/mol. The quantitative estimate of drug-likeness (QED) is 0.739. The Balaban J connectivity index is 2.61. The third kappa shape index (κ3) is 3.68. The van der Waals surface area contributed by atoms with Gasteiger partial charge in [-0.2, -0.15) is 0 Å². The number of nitrogens with one attached hydrogen (secondary N) is 1. The minimum Gasteiger partial charge on any atom is -0.512 e. The van der Waals surface area contributed by atoms with Crippen LogP contribution < -0.4 is 5.32 Å². The molecule has 0 saturated carbocycles. The second-order valence-corrected chi connectivity index (χ2v) is 3.12. The number of hydrogen-bond donors (Lipinski definition) is 2. The molecule has 0 spiro atoms. The van der Waals surface area contributed by atoms with Gasteiger partial charge in [0.15, 0.2) is 0 Å². The van der Waals surface area contributed by atoms with E-state index in [1.54, 1.807) is 18.2 Å². The first-order valence-electron chi connectivity index (χ1n) is 4.51. The number of aliphatic hydroxyl groups is 1. The zero-order valence-corrected chi connectivity index (χ0v) is 8.36. The van der Waals surface area contributed by atoms with Crippen LogP contribution in [0.4, 0.5) is 5.69 Å². The van der Waals surface area contributed by atoms with Crippen molar-refractivity contribution in [3.63, 3.8) is 0 Å². The molecule has 1 amide bonds. The number of amides is 1. The molecule has 3 nitrogen and oxygen atoms in total. The predicted octanol–water partition coefficient (Wildman–Crippen LogP) is 2.73. The lowest BCUT2D eigenvalue weighted by molar-refractivity contribution is -0.116. The van der Waals surface area contributed by atoms with Crippen molar-refractivity contribution in [1.29, 1.82) is 0 Å². The molecule has 2 N–H and O–H groups in total. The molecule has 0 radical (unpaired) electrons. The lowest BCUT2D eigenvalue weighted by Crippen LogP contribution is -2.11. The van der Waals surface area contributed by atoms with Gasteiger partial charge in [0.25, 0.3) is 0 Å². The van der Waals surface area contributed by atoms with Gasteiger partial charge in [-0.3, -0.25) is 4.79 Å². The molecule has 1 aromatic carbocycles. The van der Waals surface area contributed by atoms with Gasteiger partial charge in [-0.05, 0) is 17.7 Å². The van der Waals surface area contributed by atoms with Crippen LogP contribution in [-0.4, -0.2) is 11.0 Å². The van der Waals surface area contributed by atoms with Crippen molar-refractivity contribution in [1.82, 2.24) is 0 Å². The van der Waals surface area contributed by atoms with Crippen molar-refractivity contribution in [2.24, 2.45) is 0 Å². The number of aliphatic hydroxyl groups excluding tert-OH is 1. The van der Waals surface area contributed by atoms with Gasteiger partial charge >= 0.3 is 0 Å². The highest BCUT2D eigenvalue weighted by Gasteiger charge is 2.03. The Kier molecular flexibility index (Phi) is 3.68. The highest BCUT2D eigenvalue weighted by molar-refractivity contribution is 5.92. The van der Waals surface area contributed by atoms with E-state index in [-0.39, 0.29) is 18.1 Å². The molecule has 0 fully saturated rings. The molecule has 0 aliphatic carbocycles. The molecule has 1 aromatic rings. The van der Waals surface area contributed by atoms with Crippen molar-refractivity contribution in [3.05, 3.63) is 48.7 Å². The Bertz CT molecular complexity index is 379. The molecule has 0 bridgehead atoms. The first-order valence-corrected chi connectivity index (χ1v) is 4.51. The van der Waals surface area contributed by atoms with E-state index in [2.05, 4.69) is 18.5 Å². The average molecular weight is 203 g/mol. The molecule has 3 heteroatoms. The number of anilines is 1. The van der Waals surface area contributed by atoms with Crippen molar-refractivity contribution < 1.29 is 9.90 Å². The van der Waals surface area contributed by atoms with Crippen LogP contribution in [0.25, 0.3) is 6.08 Å². The molecule has 0 aliphatic heterocycles. The summed E-state index contributed by atoms with van der Waals surface area (Å²) >= 11 is 0.